The molecule has 6 atom stereocenters. The first-order valence-electron chi connectivity index (χ1n) is 46.1. The van der Waals surface area contributed by atoms with Gasteiger partial charge >= 0.3 is 0 Å². The summed E-state index contributed by atoms with van der Waals surface area (Å²) in [5.74, 6) is 2.83. The molecule has 143 heavy (non-hydrogen) atoms. The first-order valence-corrected chi connectivity index (χ1v) is 46.1. The van der Waals surface area contributed by atoms with Crippen molar-refractivity contribution >= 4 is 41.7 Å². The van der Waals surface area contributed by atoms with Gasteiger partial charge in [-0.2, -0.15) is 10.5 Å². The molecule has 0 bridgehead atoms. The van der Waals surface area contributed by atoms with E-state index >= 15 is 0 Å². The standard InChI is InChI=1S/C20H24N4O2.C20H25N3O2.C18H17FN4O.C18H20FN3O2.C18H18N4O.C16H18N4O/c1-20(13-26-24(4)19(21)22-20)17-10-6-8-15(12-17)14-7-5-9-16(11-14)18(25)23(2)3;1-5-14-9-10-18(24-4)17(11-14)15-7-6-8-16(12-15)20(2)13-25-23(3)19(21)22-20;1-18(11-24-23(2)17(21)22-18)14-5-3-4-13(9-14)15-8-12(10-20)6-7-16(15)19;1-18(11-24-22(2)17(20)21-18)13-6-4-5-12(9-13)15-10-14(23-3)7-8-16(15)19;1-18(12-23-22(2)17(20)21-18)16-8-4-7-15(10-16)14-6-3-5-13(9-14)11-19;1-16(11-21-20(2)15(17)19-16)14-7-3-5-12(9-14)13-6-4-8-18-10-13/h5-12H,13H2,1-4H3,(H2,21,22);6-12H,5,13H2,1-4H3,(H2,21,22);3-9H,11H2,1-2H3,(H2,21,22);4-10H,11H2,1-3H3,(H2,20,21);3-10H,12H2,1-2H3,(H2,20,21);3-10H,11H2,1-2H3,(H2,17,19). The van der Waals surface area contributed by atoms with Crippen LogP contribution in [0.15, 0.2) is 303 Å². The van der Waals surface area contributed by atoms with Crippen molar-refractivity contribution in [3.05, 3.63) is 341 Å². The number of pyridine rings is 1. The van der Waals surface area contributed by atoms with Crippen molar-refractivity contribution in [3.63, 3.8) is 0 Å². The van der Waals surface area contributed by atoms with E-state index in [0.717, 1.165) is 95.6 Å². The number of hydroxylamine groups is 12. The van der Waals surface area contributed by atoms with Gasteiger partial charge in [0.25, 0.3) is 5.91 Å². The molecular formula is C110H122F2N22O9. The van der Waals surface area contributed by atoms with E-state index in [-0.39, 0.29) is 23.5 Å². The minimum Gasteiger partial charge on any atom is -0.497 e. The van der Waals surface area contributed by atoms with Crippen LogP contribution in [0, 0.1) is 34.3 Å². The highest BCUT2D eigenvalue weighted by Gasteiger charge is 2.39. The number of aromatic nitrogens is 1. The number of nitrogens with zero attached hydrogens (tertiary/aromatic N) is 16. The number of aliphatic imine (C=N–C) groups is 6. The van der Waals surface area contributed by atoms with E-state index in [9.17, 15) is 13.6 Å². The normalized spacial score (nSPS) is 20.6. The molecular weight excluding hydrogens is 1810 g/mol. The van der Waals surface area contributed by atoms with Gasteiger partial charge in [-0.25, -0.2) is 69.1 Å². The minimum absolute atomic E-state index is 0.0175. The van der Waals surface area contributed by atoms with Gasteiger partial charge in [0.15, 0.2) is 0 Å². The molecule has 18 rings (SSSR count). The van der Waals surface area contributed by atoms with E-state index in [0.29, 0.717) is 109 Å². The zero-order valence-corrected chi connectivity index (χ0v) is 83.5. The quantitative estimate of drug-likeness (QED) is 0.0523. The summed E-state index contributed by atoms with van der Waals surface area (Å²) in [7, 11) is 17.1. The highest BCUT2D eigenvalue weighted by molar-refractivity contribution is 5.95. The third kappa shape index (κ3) is 24.8. The Balaban J connectivity index is 0.000000144. The number of nitrogens with two attached hydrogens (primary N) is 6. The van der Waals surface area contributed by atoms with Crippen LogP contribution in [0.1, 0.15) is 109 Å². The van der Waals surface area contributed by atoms with E-state index in [1.54, 1.807) is 112 Å². The number of rotatable bonds is 16. The topological polar surface area (TPSA) is 404 Å². The Bertz CT molecular complexity index is 6890. The largest absolute Gasteiger partial charge is 0.497 e. The molecule has 0 radical (unpaired) electrons. The van der Waals surface area contributed by atoms with E-state index in [1.807, 2.05) is 212 Å². The smallest absolute Gasteiger partial charge is 0.253 e. The zero-order valence-electron chi connectivity index (χ0n) is 83.5. The summed E-state index contributed by atoms with van der Waals surface area (Å²) in [6.45, 7) is 16.5. The Kier molecular flexibility index (Phi) is 32.8. The Morgan fingerprint density at radius 1 is 0.364 bits per heavy atom. The second-order valence-electron chi connectivity index (χ2n) is 36.3. The van der Waals surface area contributed by atoms with E-state index in [4.69, 9.17) is 83.4 Å². The maximum absolute atomic E-state index is 14.2. The number of ether oxygens (including phenoxy) is 2. The fourth-order valence-electron chi connectivity index (χ4n) is 16.2. The summed E-state index contributed by atoms with van der Waals surface area (Å²) in [5, 5.41) is 26.9. The number of methoxy groups -OCH3 is 2. The lowest BCUT2D eigenvalue weighted by Crippen LogP contribution is -2.45. The number of guanidine groups is 6. The van der Waals surface area contributed by atoms with Crippen molar-refractivity contribution in [2.24, 2.45) is 64.4 Å². The molecule has 12 aromatic rings. The average molecular weight is 1930 g/mol. The average Bonchev–Trinajstić information content (AvgIpc) is 0.437. The van der Waals surface area contributed by atoms with Crippen LogP contribution in [0.5, 0.6) is 11.5 Å². The molecule has 31 nitrogen and oxygen atoms in total. The van der Waals surface area contributed by atoms with Gasteiger partial charge in [0.1, 0.15) is 96.0 Å². The van der Waals surface area contributed by atoms with Gasteiger partial charge in [0.2, 0.25) is 35.8 Å². The van der Waals surface area contributed by atoms with Crippen LogP contribution in [0.4, 0.5) is 8.78 Å². The lowest BCUT2D eigenvalue weighted by atomic mass is 9.90. The van der Waals surface area contributed by atoms with Crippen LogP contribution < -0.4 is 43.9 Å². The molecule has 6 aliphatic heterocycles. The van der Waals surface area contributed by atoms with Crippen molar-refractivity contribution in [1.29, 1.82) is 10.5 Å². The number of benzene rings is 11. The second kappa shape index (κ2) is 45.0. The van der Waals surface area contributed by atoms with Crippen LogP contribution in [-0.4, -0.2) is 192 Å². The molecule has 0 aliphatic carbocycles. The molecule has 33 heteroatoms. The summed E-state index contributed by atoms with van der Waals surface area (Å²) in [6.07, 6.45) is 4.60. The Morgan fingerprint density at radius 3 is 1.01 bits per heavy atom. The third-order valence-electron chi connectivity index (χ3n) is 25.3. The molecule has 6 aliphatic rings. The lowest BCUT2D eigenvalue weighted by Gasteiger charge is -2.34. The molecule has 6 unspecified atom stereocenters. The fourth-order valence-corrected chi connectivity index (χ4v) is 16.2. The lowest BCUT2D eigenvalue weighted by molar-refractivity contribution is -0.113. The Labute approximate surface area is 833 Å². The first kappa shape index (κ1) is 104. The Morgan fingerprint density at radius 2 is 0.671 bits per heavy atom. The van der Waals surface area contributed by atoms with Gasteiger partial charge in [-0.1, -0.05) is 153 Å². The highest BCUT2D eigenvalue weighted by Crippen LogP contribution is 2.42. The van der Waals surface area contributed by atoms with E-state index < -0.39 is 33.2 Å². The number of aryl methyl sites for hydroxylation is 1. The predicted octanol–water partition coefficient (Wildman–Crippen LogP) is 16.3. The van der Waals surface area contributed by atoms with E-state index in [2.05, 4.69) is 103 Å². The fraction of sp³-hybridized carbons (Fsp3) is 0.273. The summed E-state index contributed by atoms with van der Waals surface area (Å²) >= 11 is 0. The van der Waals surface area contributed by atoms with Gasteiger partial charge in [-0.05, 0) is 252 Å². The van der Waals surface area contributed by atoms with Crippen molar-refractivity contribution in [2.75, 3.05) is 110 Å². The van der Waals surface area contributed by atoms with Crippen LogP contribution in [0.25, 0.3) is 66.8 Å². The van der Waals surface area contributed by atoms with Crippen LogP contribution in [0.3, 0.4) is 0 Å². The Hall–Kier alpha value is -16.1. The minimum atomic E-state index is -0.657. The first-order chi connectivity index (χ1) is 68.2. The highest BCUT2D eigenvalue weighted by atomic mass is 19.1. The second-order valence-corrected chi connectivity index (χ2v) is 36.3. The van der Waals surface area contributed by atoms with Gasteiger partial charge < -0.3 is 48.8 Å². The molecule has 0 saturated carbocycles. The van der Waals surface area contributed by atoms with Crippen LogP contribution >= 0.6 is 0 Å². The molecule has 7 heterocycles. The van der Waals surface area contributed by atoms with Crippen LogP contribution in [0.2, 0.25) is 0 Å². The number of hydrogen-bond acceptors (Lipinski definition) is 30. The number of hydrogen-bond donors (Lipinski definition) is 6. The molecule has 1 aromatic heterocycles. The van der Waals surface area contributed by atoms with Gasteiger partial charge in [0.05, 0.1) is 37.5 Å². The third-order valence-corrected chi connectivity index (χ3v) is 25.3. The number of amides is 1. The maximum atomic E-state index is 14.2. The zero-order chi connectivity index (χ0) is 103. The number of carbonyl (C=O) groups excluding carboxylic acids is 1. The summed E-state index contributed by atoms with van der Waals surface area (Å²) in [4.78, 5) is 78.9. The number of carbonyl (C=O) groups is 1. The SMILES string of the molecule is CCc1ccc(OC)c(-c2cccc(C3(C)CON(C)C(N)=N3)c2)c1.CN(C)C(=O)c1cccc(-c2cccc(C3(C)CON(C)C(N)=N3)c2)c1.CN1OCC(C)(c2cccc(-c3cc(C#N)ccc3F)c2)N=C1N.CN1OCC(C)(c2cccc(-c3cccc(C#N)c3)c2)N=C1N.CN1OCC(C)(c2cccc(-c3cccnc3)c2)N=C1N.COc1ccc(F)c(-c2cccc(C3(C)CON(C)C(N)=N3)c2)c1. The van der Waals surface area contributed by atoms with Gasteiger partial charge in [0, 0.05) is 91.0 Å². The summed E-state index contributed by atoms with van der Waals surface area (Å²) in [6, 6.07) is 86.4. The van der Waals surface area contributed by atoms with Crippen molar-refractivity contribution < 1.29 is 52.1 Å². The molecule has 0 fully saturated rings. The van der Waals surface area contributed by atoms with Crippen LogP contribution in [-0.2, 0) is 68.7 Å². The maximum Gasteiger partial charge on any atom is 0.253 e. The predicted molar refractivity (Wildman–Crippen MR) is 555 cm³/mol. The molecule has 11 aromatic carbocycles. The molecule has 12 N–H and O–H groups in total. The molecule has 1 amide bonds. The van der Waals surface area contributed by atoms with Crippen molar-refractivity contribution in [3.8, 4) is 90.4 Å². The number of halogens is 2. The van der Waals surface area contributed by atoms with Crippen molar-refractivity contribution in [2.45, 2.75) is 88.1 Å². The van der Waals surface area contributed by atoms with Gasteiger partial charge in [-0.15, -0.1) is 0 Å². The van der Waals surface area contributed by atoms with Crippen molar-refractivity contribution in [1.82, 2.24) is 40.3 Å². The van der Waals surface area contributed by atoms with Gasteiger partial charge in [-0.3, -0.25) is 38.8 Å². The van der Waals surface area contributed by atoms with E-state index in [1.165, 1.54) is 54.1 Å². The molecule has 740 valence electrons. The summed E-state index contributed by atoms with van der Waals surface area (Å²) in [5.41, 5.74) is 51.6. The molecule has 0 spiro atoms. The number of nitriles is 2. The monoisotopic (exact) mass is 1930 g/mol. The summed E-state index contributed by atoms with van der Waals surface area (Å²) < 4.78 is 39.2. The molecule has 0 saturated heterocycles.